The first-order valence-corrected chi connectivity index (χ1v) is 5.02. The Hall–Kier alpha value is -0.760. The van der Waals surface area contributed by atoms with Crippen LogP contribution in [0.15, 0.2) is 18.2 Å². The molecule has 1 aliphatic heterocycles. The molecule has 1 aromatic carbocycles. The van der Waals surface area contributed by atoms with Crippen LogP contribution >= 0.6 is 11.8 Å². The molecular weight excluding hydrogens is 168 g/mol. The third kappa shape index (κ3) is 1.27. The zero-order chi connectivity index (χ0) is 8.55. The number of hydrogen-bond donors (Lipinski definition) is 0. The Bertz CT molecular complexity index is 331. The number of fused-ring (bicyclic) bond motifs is 1. The van der Waals surface area contributed by atoms with E-state index in [1.165, 1.54) is 22.9 Å². The van der Waals surface area contributed by atoms with Gasteiger partial charge in [0.05, 0.1) is 0 Å². The predicted molar refractivity (Wildman–Crippen MR) is 51.7 cm³/mol. The van der Waals surface area contributed by atoms with Crippen LogP contribution in [0.2, 0.25) is 0 Å². The molecule has 2 heteroatoms. The van der Waals surface area contributed by atoms with Crippen molar-refractivity contribution < 1.29 is 4.79 Å². The maximum Gasteiger partial charge on any atom is 0.219 e. The zero-order valence-electron chi connectivity index (χ0n) is 6.96. The van der Waals surface area contributed by atoms with Gasteiger partial charge >= 0.3 is 0 Å². The van der Waals surface area contributed by atoms with E-state index >= 15 is 0 Å². The fourth-order valence-corrected chi connectivity index (χ4v) is 2.28. The van der Waals surface area contributed by atoms with Gasteiger partial charge in [-0.3, -0.25) is 4.79 Å². The van der Waals surface area contributed by atoms with Crippen LogP contribution < -0.4 is 0 Å². The van der Waals surface area contributed by atoms with Gasteiger partial charge in [-0.05, 0) is 25.0 Å². The van der Waals surface area contributed by atoms with E-state index in [1.54, 1.807) is 0 Å². The summed E-state index contributed by atoms with van der Waals surface area (Å²) in [7, 11) is 0. The van der Waals surface area contributed by atoms with Crippen molar-refractivity contribution in [3.8, 4) is 0 Å². The summed E-state index contributed by atoms with van der Waals surface area (Å²) >= 11 is 1.43. The highest BCUT2D eigenvalue weighted by atomic mass is 32.2. The standard InChI is InChI=1S/C10H10OS/c1-7-2-3-8-4-5-12-10(11)9(8)6-7/h2-3,6H,4-5H2,1H3. The van der Waals surface area contributed by atoms with E-state index in [9.17, 15) is 4.79 Å². The molecule has 0 fully saturated rings. The molecule has 0 atom stereocenters. The SMILES string of the molecule is Cc1ccc2c(c1)C(=O)SCC2. The van der Waals surface area contributed by atoms with E-state index in [2.05, 4.69) is 12.1 Å². The number of thioether (sulfide) groups is 1. The molecule has 0 unspecified atom stereocenters. The number of benzene rings is 1. The topological polar surface area (TPSA) is 17.1 Å². The van der Waals surface area contributed by atoms with Gasteiger partial charge in [0.1, 0.15) is 0 Å². The van der Waals surface area contributed by atoms with Crippen molar-refractivity contribution in [2.75, 3.05) is 5.75 Å². The first-order valence-electron chi connectivity index (χ1n) is 4.04. The van der Waals surface area contributed by atoms with Crippen molar-refractivity contribution >= 4 is 16.9 Å². The average Bonchev–Trinajstić information content (AvgIpc) is 2.07. The molecule has 1 aromatic rings. The highest BCUT2D eigenvalue weighted by Gasteiger charge is 2.16. The van der Waals surface area contributed by atoms with Gasteiger partial charge in [-0.15, -0.1) is 0 Å². The third-order valence-electron chi connectivity index (χ3n) is 2.09. The molecule has 0 aliphatic carbocycles. The summed E-state index contributed by atoms with van der Waals surface area (Å²) in [4.78, 5) is 11.4. The van der Waals surface area contributed by atoms with Gasteiger partial charge in [-0.2, -0.15) is 0 Å². The number of carbonyl (C=O) groups is 1. The van der Waals surface area contributed by atoms with Crippen LogP contribution in [0, 0.1) is 6.92 Å². The number of carbonyl (C=O) groups excluding carboxylic acids is 1. The fraction of sp³-hybridized carbons (Fsp3) is 0.300. The van der Waals surface area contributed by atoms with E-state index < -0.39 is 0 Å². The van der Waals surface area contributed by atoms with Crippen molar-refractivity contribution in [1.29, 1.82) is 0 Å². The molecule has 0 amide bonds. The number of hydrogen-bond acceptors (Lipinski definition) is 2. The quantitative estimate of drug-likeness (QED) is 0.607. The molecule has 62 valence electrons. The maximum atomic E-state index is 11.4. The smallest absolute Gasteiger partial charge is 0.219 e. The average molecular weight is 178 g/mol. The van der Waals surface area contributed by atoms with E-state index in [4.69, 9.17) is 0 Å². The molecule has 0 spiro atoms. The minimum absolute atomic E-state index is 0.236. The van der Waals surface area contributed by atoms with E-state index in [0.717, 1.165) is 17.7 Å². The molecule has 0 bridgehead atoms. The lowest BCUT2D eigenvalue weighted by Crippen LogP contribution is -2.08. The first kappa shape index (κ1) is 7.87. The fourth-order valence-electron chi connectivity index (χ4n) is 1.43. The molecule has 0 N–H and O–H groups in total. The Morgan fingerprint density at radius 3 is 3.08 bits per heavy atom. The van der Waals surface area contributed by atoms with Gasteiger partial charge in [0, 0.05) is 11.3 Å². The van der Waals surface area contributed by atoms with E-state index in [-0.39, 0.29) is 5.12 Å². The molecule has 12 heavy (non-hydrogen) atoms. The molecule has 0 aromatic heterocycles. The molecule has 1 nitrogen and oxygen atoms in total. The second-order valence-electron chi connectivity index (χ2n) is 3.05. The van der Waals surface area contributed by atoms with Gasteiger partial charge in [0.15, 0.2) is 0 Å². The highest BCUT2D eigenvalue weighted by molar-refractivity contribution is 8.14. The molecule has 2 rings (SSSR count). The summed E-state index contributed by atoms with van der Waals surface area (Å²) in [6.07, 6.45) is 1.03. The lowest BCUT2D eigenvalue weighted by Gasteiger charge is -2.13. The third-order valence-corrected chi connectivity index (χ3v) is 2.98. The lowest BCUT2D eigenvalue weighted by atomic mass is 10.0. The normalized spacial score (nSPS) is 15.9. The second kappa shape index (κ2) is 2.94. The van der Waals surface area contributed by atoms with Crippen LogP contribution in [0.3, 0.4) is 0 Å². The lowest BCUT2D eigenvalue weighted by molar-refractivity contribution is 0.108. The van der Waals surface area contributed by atoms with Crippen molar-refractivity contribution in [3.05, 3.63) is 34.9 Å². The van der Waals surface area contributed by atoms with Crippen LogP contribution in [-0.2, 0) is 6.42 Å². The van der Waals surface area contributed by atoms with Gasteiger partial charge in [0.2, 0.25) is 5.12 Å². The summed E-state index contributed by atoms with van der Waals surface area (Å²) in [5.74, 6) is 0.939. The molecule has 1 aliphatic rings. The van der Waals surface area contributed by atoms with Gasteiger partial charge in [-0.25, -0.2) is 0 Å². The number of rotatable bonds is 0. The highest BCUT2D eigenvalue weighted by Crippen LogP contribution is 2.24. The maximum absolute atomic E-state index is 11.4. The van der Waals surface area contributed by atoms with Crippen molar-refractivity contribution in [2.45, 2.75) is 13.3 Å². The van der Waals surface area contributed by atoms with Crippen LogP contribution in [-0.4, -0.2) is 10.9 Å². The van der Waals surface area contributed by atoms with Crippen LogP contribution in [0.5, 0.6) is 0 Å². The van der Waals surface area contributed by atoms with Gasteiger partial charge in [0.25, 0.3) is 0 Å². The van der Waals surface area contributed by atoms with Gasteiger partial charge < -0.3 is 0 Å². The van der Waals surface area contributed by atoms with Crippen molar-refractivity contribution in [1.82, 2.24) is 0 Å². The molecule has 0 saturated carbocycles. The first-order chi connectivity index (χ1) is 5.77. The Balaban J connectivity index is 2.54. The van der Waals surface area contributed by atoms with Gasteiger partial charge in [-0.1, -0.05) is 29.5 Å². The van der Waals surface area contributed by atoms with E-state index in [0.29, 0.717) is 0 Å². The molecular formula is C10H10OS. The summed E-state index contributed by atoms with van der Waals surface area (Å²) in [6.45, 7) is 2.02. The van der Waals surface area contributed by atoms with Crippen LogP contribution in [0.4, 0.5) is 0 Å². The summed E-state index contributed by atoms with van der Waals surface area (Å²) in [5, 5.41) is 0.236. The number of aryl methyl sites for hydroxylation is 2. The Morgan fingerprint density at radius 2 is 2.25 bits per heavy atom. The predicted octanol–water partition coefficient (Wildman–Crippen LogP) is 2.42. The minimum Gasteiger partial charge on any atom is -0.282 e. The molecule has 1 heterocycles. The molecule has 0 radical (unpaired) electrons. The zero-order valence-corrected chi connectivity index (χ0v) is 7.78. The second-order valence-corrected chi connectivity index (χ2v) is 4.11. The van der Waals surface area contributed by atoms with Crippen molar-refractivity contribution in [2.24, 2.45) is 0 Å². The summed E-state index contributed by atoms with van der Waals surface area (Å²) in [5.41, 5.74) is 3.31. The minimum atomic E-state index is 0.236. The van der Waals surface area contributed by atoms with Crippen LogP contribution in [0.1, 0.15) is 21.5 Å². The monoisotopic (exact) mass is 178 g/mol. The molecule has 0 saturated heterocycles. The Morgan fingerprint density at radius 1 is 1.42 bits per heavy atom. The van der Waals surface area contributed by atoms with Crippen molar-refractivity contribution in [3.63, 3.8) is 0 Å². The van der Waals surface area contributed by atoms with Crippen LogP contribution in [0.25, 0.3) is 0 Å². The summed E-state index contributed by atoms with van der Waals surface area (Å²) < 4.78 is 0. The Labute approximate surface area is 76.2 Å². The Kier molecular flexibility index (Phi) is 1.93. The largest absolute Gasteiger partial charge is 0.282 e. The van der Waals surface area contributed by atoms with E-state index in [1.807, 2.05) is 13.0 Å². The summed E-state index contributed by atoms with van der Waals surface area (Å²) in [6, 6.07) is 6.13.